The Bertz CT molecular complexity index is 999. The van der Waals surface area contributed by atoms with E-state index < -0.39 is 0 Å². The van der Waals surface area contributed by atoms with Crippen LogP contribution < -0.4 is 15.5 Å². The van der Waals surface area contributed by atoms with Crippen molar-refractivity contribution in [2.75, 3.05) is 44.7 Å². The minimum absolute atomic E-state index is 0. The lowest BCUT2D eigenvalue weighted by Crippen LogP contribution is -2.53. The molecule has 2 N–H and O–H groups in total. The molecule has 0 spiro atoms. The van der Waals surface area contributed by atoms with Crippen molar-refractivity contribution < 1.29 is 0 Å². The van der Waals surface area contributed by atoms with E-state index in [1.54, 1.807) is 0 Å². The number of hydrogen-bond donors (Lipinski definition) is 2. The first kappa shape index (κ1) is 26.0. The molecule has 0 amide bonds. The maximum absolute atomic E-state index is 4.43. The Kier molecular flexibility index (Phi) is 10.2. The van der Waals surface area contributed by atoms with Gasteiger partial charge in [-0.1, -0.05) is 42.5 Å². The van der Waals surface area contributed by atoms with Gasteiger partial charge in [0.05, 0.1) is 6.54 Å². The largest absolute Gasteiger partial charge is 0.369 e. The number of benzene rings is 2. The van der Waals surface area contributed by atoms with Gasteiger partial charge >= 0.3 is 0 Å². The highest BCUT2D eigenvalue weighted by molar-refractivity contribution is 14.0. The van der Waals surface area contributed by atoms with Gasteiger partial charge in [0.15, 0.2) is 5.96 Å². The average Bonchev–Trinajstić information content (AvgIpc) is 3.38. The number of nitrogens with one attached hydrogen (secondary N) is 2. The van der Waals surface area contributed by atoms with Gasteiger partial charge in [-0.25, -0.2) is 0 Å². The van der Waals surface area contributed by atoms with Crippen LogP contribution in [0.15, 0.2) is 78.0 Å². The highest BCUT2D eigenvalue weighted by atomic mass is 127. The monoisotopic (exact) mass is 573 g/mol. The summed E-state index contributed by atoms with van der Waals surface area (Å²) in [6.07, 6.45) is 3.81. The van der Waals surface area contributed by atoms with E-state index in [4.69, 9.17) is 0 Å². The fourth-order valence-corrected chi connectivity index (χ4v) is 4.29. The lowest BCUT2D eigenvalue weighted by molar-refractivity contribution is 0.197. The molecule has 3 aromatic rings. The van der Waals surface area contributed by atoms with Gasteiger partial charge in [-0.2, -0.15) is 5.10 Å². The lowest BCUT2D eigenvalue weighted by Gasteiger charge is -2.39. The molecule has 1 aromatic heterocycles. The number of aliphatic imine (C=N–C) groups is 1. The fourth-order valence-electron chi connectivity index (χ4n) is 4.29. The number of aromatic nitrogens is 2. The highest BCUT2D eigenvalue weighted by Crippen LogP contribution is 2.16. The quantitative estimate of drug-likeness (QED) is 0.246. The molecule has 34 heavy (non-hydrogen) atoms. The molecule has 0 aliphatic carbocycles. The molecule has 0 bridgehead atoms. The van der Waals surface area contributed by atoms with Gasteiger partial charge in [0.1, 0.15) is 0 Å². The van der Waals surface area contributed by atoms with Crippen molar-refractivity contribution in [1.82, 2.24) is 25.3 Å². The van der Waals surface area contributed by atoms with E-state index >= 15 is 0 Å². The normalized spacial score (nSPS) is 15.5. The molecule has 0 radical (unpaired) electrons. The van der Waals surface area contributed by atoms with Crippen LogP contribution in [0.5, 0.6) is 0 Å². The first-order valence-corrected chi connectivity index (χ1v) is 11.8. The van der Waals surface area contributed by atoms with Crippen molar-refractivity contribution in [3.05, 3.63) is 84.2 Å². The summed E-state index contributed by atoms with van der Waals surface area (Å²) in [5.41, 5.74) is 3.83. The first-order valence-electron chi connectivity index (χ1n) is 11.8. The molecule has 2 heterocycles. The summed E-state index contributed by atoms with van der Waals surface area (Å²) in [6.45, 7) is 8.92. The molecule has 182 valence electrons. The predicted molar refractivity (Wildman–Crippen MR) is 151 cm³/mol. The van der Waals surface area contributed by atoms with Gasteiger partial charge in [0, 0.05) is 70.4 Å². The maximum Gasteiger partial charge on any atom is 0.191 e. The molecule has 2 aromatic carbocycles. The van der Waals surface area contributed by atoms with E-state index in [-0.39, 0.29) is 24.0 Å². The van der Waals surface area contributed by atoms with Gasteiger partial charge in [0.2, 0.25) is 0 Å². The number of guanidine groups is 1. The smallest absolute Gasteiger partial charge is 0.191 e. The van der Waals surface area contributed by atoms with Gasteiger partial charge < -0.3 is 15.5 Å². The summed E-state index contributed by atoms with van der Waals surface area (Å²) in [6, 6.07) is 21.6. The van der Waals surface area contributed by atoms with Crippen LogP contribution in [0.3, 0.4) is 0 Å². The summed E-state index contributed by atoms with van der Waals surface area (Å²) < 4.78 is 1.95. The predicted octanol–water partition coefficient (Wildman–Crippen LogP) is 3.43. The standard InChI is InChI=1S/C26H35N7.HI/c1-22(31-15-17-32(18-16-31)25-11-4-3-5-12-25)19-28-26(27-2)29-20-23-9-6-7-10-24(23)21-33-14-8-13-30-33;/h3-14,22H,15-21H2,1-2H3,(H2,27,28,29);1H. The van der Waals surface area contributed by atoms with E-state index in [1.807, 2.05) is 30.2 Å². The van der Waals surface area contributed by atoms with Gasteiger partial charge in [-0.05, 0) is 36.2 Å². The van der Waals surface area contributed by atoms with Gasteiger partial charge in [-0.3, -0.25) is 14.6 Å². The number of piperazine rings is 1. The Labute approximate surface area is 220 Å². The molecular formula is C26H36IN7. The molecule has 1 saturated heterocycles. The molecule has 8 heteroatoms. The second kappa shape index (κ2) is 13.3. The van der Waals surface area contributed by atoms with Crippen LogP contribution in [0.25, 0.3) is 0 Å². The van der Waals surface area contributed by atoms with E-state index in [1.165, 1.54) is 16.8 Å². The zero-order chi connectivity index (χ0) is 22.9. The number of para-hydroxylation sites is 1. The zero-order valence-corrected chi connectivity index (χ0v) is 22.4. The number of nitrogens with zero attached hydrogens (tertiary/aromatic N) is 5. The summed E-state index contributed by atoms with van der Waals surface area (Å²) >= 11 is 0. The van der Waals surface area contributed by atoms with E-state index in [2.05, 4.69) is 92.0 Å². The van der Waals surface area contributed by atoms with Crippen molar-refractivity contribution in [3.63, 3.8) is 0 Å². The summed E-state index contributed by atoms with van der Waals surface area (Å²) in [5, 5.41) is 11.3. The van der Waals surface area contributed by atoms with E-state index in [0.29, 0.717) is 6.04 Å². The third kappa shape index (κ3) is 7.20. The minimum atomic E-state index is 0. The number of rotatable bonds is 8. The number of hydrogen-bond acceptors (Lipinski definition) is 4. The molecule has 1 aliphatic heterocycles. The Morgan fingerprint density at radius 3 is 2.32 bits per heavy atom. The summed E-state index contributed by atoms with van der Waals surface area (Å²) in [5.74, 6) is 0.832. The third-order valence-electron chi connectivity index (χ3n) is 6.30. The Hall–Kier alpha value is -2.59. The summed E-state index contributed by atoms with van der Waals surface area (Å²) in [4.78, 5) is 9.45. The van der Waals surface area contributed by atoms with E-state index in [9.17, 15) is 0 Å². The lowest BCUT2D eigenvalue weighted by atomic mass is 10.1. The van der Waals surface area contributed by atoms with Crippen LogP contribution in [0.2, 0.25) is 0 Å². The Balaban J connectivity index is 0.00000324. The first-order chi connectivity index (χ1) is 16.2. The Morgan fingerprint density at radius 1 is 0.941 bits per heavy atom. The third-order valence-corrected chi connectivity index (χ3v) is 6.30. The van der Waals surface area contributed by atoms with Crippen molar-refractivity contribution in [2.24, 2.45) is 4.99 Å². The van der Waals surface area contributed by atoms with Gasteiger partial charge in [-0.15, -0.1) is 24.0 Å². The SMILES string of the molecule is CN=C(NCc1ccccc1Cn1cccn1)NCC(C)N1CCN(c2ccccc2)CC1.I. The van der Waals surface area contributed by atoms with Crippen molar-refractivity contribution in [3.8, 4) is 0 Å². The second-order valence-electron chi connectivity index (χ2n) is 8.49. The van der Waals surface area contributed by atoms with Crippen LogP contribution in [0.1, 0.15) is 18.1 Å². The van der Waals surface area contributed by atoms with Crippen molar-refractivity contribution in [2.45, 2.75) is 26.1 Å². The molecule has 1 aliphatic rings. The fraction of sp³-hybridized carbons (Fsp3) is 0.385. The molecule has 7 nitrogen and oxygen atoms in total. The van der Waals surface area contributed by atoms with Crippen LogP contribution in [-0.2, 0) is 13.1 Å². The molecule has 1 atom stereocenters. The van der Waals surface area contributed by atoms with Crippen LogP contribution in [0, 0.1) is 0 Å². The topological polar surface area (TPSA) is 60.7 Å². The minimum Gasteiger partial charge on any atom is -0.369 e. The molecular weight excluding hydrogens is 537 g/mol. The number of anilines is 1. The Morgan fingerprint density at radius 2 is 1.65 bits per heavy atom. The average molecular weight is 574 g/mol. The van der Waals surface area contributed by atoms with E-state index in [0.717, 1.165) is 51.8 Å². The van der Waals surface area contributed by atoms with Crippen molar-refractivity contribution >= 4 is 35.6 Å². The number of halogens is 1. The molecule has 1 fully saturated rings. The zero-order valence-electron chi connectivity index (χ0n) is 20.1. The van der Waals surface area contributed by atoms with Gasteiger partial charge in [0.25, 0.3) is 0 Å². The van der Waals surface area contributed by atoms with Crippen LogP contribution in [-0.4, -0.2) is 66.5 Å². The summed E-state index contributed by atoms with van der Waals surface area (Å²) in [7, 11) is 1.83. The molecule has 4 rings (SSSR count). The molecule has 1 unspecified atom stereocenters. The maximum atomic E-state index is 4.43. The van der Waals surface area contributed by atoms with Crippen LogP contribution in [0.4, 0.5) is 5.69 Å². The highest BCUT2D eigenvalue weighted by Gasteiger charge is 2.21. The second-order valence-corrected chi connectivity index (χ2v) is 8.49. The van der Waals surface area contributed by atoms with Crippen LogP contribution >= 0.6 is 24.0 Å². The molecule has 0 saturated carbocycles. The van der Waals surface area contributed by atoms with Crippen molar-refractivity contribution in [1.29, 1.82) is 0 Å².